The molecule has 1 heterocycles. The SMILES string of the molecule is COCCNCC(=O)Nc1ccc(SCc2cccnc2)cc1.Cl.Cl. The van der Waals surface area contributed by atoms with Crippen molar-refractivity contribution in [2.24, 2.45) is 0 Å². The van der Waals surface area contributed by atoms with Crippen molar-refractivity contribution in [2.45, 2.75) is 10.6 Å². The van der Waals surface area contributed by atoms with E-state index in [2.05, 4.69) is 21.7 Å². The lowest BCUT2D eigenvalue weighted by Gasteiger charge is -2.07. The number of aromatic nitrogens is 1. The van der Waals surface area contributed by atoms with Crippen molar-refractivity contribution in [1.29, 1.82) is 0 Å². The van der Waals surface area contributed by atoms with Gasteiger partial charge in [0, 0.05) is 42.4 Å². The third kappa shape index (κ3) is 9.67. The summed E-state index contributed by atoms with van der Waals surface area (Å²) in [5.74, 6) is 0.819. The predicted octanol–water partition coefficient (Wildman–Crippen LogP) is 3.39. The molecule has 25 heavy (non-hydrogen) atoms. The lowest BCUT2D eigenvalue weighted by Crippen LogP contribution is -2.30. The topological polar surface area (TPSA) is 63.2 Å². The van der Waals surface area contributed by atoms with Crippen LogP contribution in [0.25, 0.3) is 0 Å². The van der Waals surface area contributed by atoms with E-state index < -0.39 is 0 Å². The summed E-state index contributed by atoms with van der Waals surface area (Å²) < 4.78 is 4.91. The zero-order chi connectivity index (χ0) is 16.3. The predicted molar refractivity (Wildman–Crippen MR) is 108 cm³/mol. The summed E-state index contributed by atoms with van der Waals surface area (Å²) in [5, 5.41) is 5.87. The summed E-state index contributed by atoms with van der Waals surface area (Å²) >= 11 is 1.74. The van der Waals surface area contributed by atoms with Crippen LogP contribution in [-0.4, -0.2) is 37.7 Å². The third-order valence-electron chi connectivity index (χ3n) is 3.03. The number of nitrogens with one attached hydrogen (secondary N) is 2. The normalized spacial score (nSPS) is 9.64. The molecule has 0 bridgehead atoms. The quantitative estimate of drug-likeness (QED) is 0.496. The molecule has 0 unspecified atom stereocenters. The molecule has 0 saturated heterocycles. The van der Waals surface area contributed by atoms with Crippen LogP contribution in [0.3, 0.4) is 0 Å². The van der Waals surface area contributed by atoms with E-state index in [0.717, 1.165) is 16.3 Å². The number of hydrogen-bond acceptors (Lipinski definition) is 5. The number of anilines is 1. The summed E-state index contributed by atoms with van der Waals surface area (Å²) in [5.41, 5.74) is 1.99. The molecule has 0 aliphatic heterocycles. The Morgan fingerprint density at radius 3 is 2.60 bits per heavy atom. The van der Waals surface area contributed by atoms with Gasteiger partial charge in [-0.05, 0) is 35.9 Å². The van der Waals surface area contributed by atoms with Gasteiger partial charge in [0.2, 0.25) is 5.91 Å². The second kappa shape index (κ2) is 13.9. The summed E-state index contributed by atoms with van der Waals surface area (Å²) in [7, 11) is 1.63. The summed E-state index contributed by atoms with van der Waals surface area (Å²) in [6, 6.07) is 11.8. The number of carbonyl (C=O) groups is 1. The van der Waals surface area contributed by atoms with Crippen LogP contribution >= 0.6 is 36.6 Å². The molecule has 0 aliphatic carbocycles. The number of carbonyl (C=O) groups excluding carboxylic acids is 1. The van der Waals surface area contributed by atoms with Crippen LogP contribution in [0.15, 0.2) is 53.7 Å². The minimum atomic E-state index is -0.0585. The Labute approximate surface area is 165 Å². The molecule has 138 valence electrons. The molecule has 0 aliphatic rings. The van der Waals surface area contributed by atoms with E-state index in [9.17, 15) is 4.79 Å². The van der Waals surface area contributed by atoms with Crippen molar-refractivity contribution in [2.75, 3.05) is 32.1 Å². The average Bonchev–Trinajstić information content (AvgIpc) is 2.59. The van der Waals surface area contributed by atoms with Gasteiger partial charge in [0.1, 0.15) is 0 Å². The fourth-order valence-electron chi connectivity index (χ4n) is 1.87. The van der Waals surface area contributed by atoms with E-state index in [4.69, 9.17) is 4.74 Å². The van der Waals surface area contributed by atoms with Gasteiger partial charge in [-0.3, -0.25) is 9.78 Å². The van der Waals surface area contributed by atoms with Gasteiger partial charge >= 0.3 is 0 Å². The number of methoxy groups -OCH3 is 1. The number of nitrogens with zero attached hydrogens (tertiary/aromatic N) is 1. The zero-order valence-electron chi connectivity index (χ0n) is 13.9. The molecule has 0 radical (unpaired) electrons. The van der Waals surface area contributed by atoms with Crippen molar-refractivity contribution in [3.05, 3.63) is 54.4 Å². The molecule has 1 aromatic heterocycles. The highest BCUT2D eigenvalue weighted by Gasteiger charge is 2.02. The molecule has 1 aromatic carbocycles. The van der Waals surface area contributed by atoms with Crippen molar-refractivity contribution >= 4 is 48.2 Å². The van der Waals surface area contributed by atoms with Crippen molar-refractivity contribution in [1.82, 2.24) is 10.3 Å². The van der Waals surface area contributed by atoms with E-state index in [-0.39, 0.29) is 37.3 Å². The summed E-state index contributed by atoms with van der Waals surface area (Å²) in [6.45, 7) is 1.53. The van der Waals surface area contributed by atoms with E-state index in [1.807, 2.05) is 36.5 Å². The van der Waals surface area contributed by atoms with Gasteiger partial charge in [-0.25, -0.2) is 0 Å². The van der Waals surface area contributed by atoms with Crippen LogP contribution in [-0.2, 0) is 15.3 Å². The van der Waals surface area contributed by atoms with Crippen LogP contribution in [0, 0.1) is 0 Å². The van der Waals surface area contributed by atoms with Crippen LogP contribution in [0.2, 0.25) is 0 Å². The van der Waals surface area contributed by atoms with Crippen molar-refractivity contribution in [3.63, 3.8) is 0 Å². The standard InChI is InChI=1S/C17H21N3O2S.2ClH/c1-22-10-9-19-12-17(21)20-15-4-6-16(7-5-15)23-13-14-3-2-8-18-11-14;;/h2-8,11,19H,9-10,12-13H2,1H3,(H,20,21);2*1H. The molecule has 0 atom stereocenters. The van der Waals surface area contributed by atoms with Crippen LogP contribution < -0.4 is 10.6 Å². The van der Waals surface area contributed by atoms with E-state index in [1.54, 1.807) is 25.1 Å². The number of hydrogen-bond donors (Lipinski definition) is 2. The molecule has 0 fully saturated rings. The largest absolute Gasteiger partial charge is 0.383 e. The monoisotopic (exact) mass is 403 g/mol. The van der Waals surface area contributed by atoms with Gasteiger partial charge in [0.25, 0.3) is 0 Å². The Hall–Kier alpha value is -1.31. The molecule has 1 amide bonds. The minimum Gasteiger partial charge on any atom is -0.383 e. The van der Waals surface area contributed by atoms with Crippen molar-refractivity contribution < 1.29 is 9.53 Å². The van der Waals surface area contributed by atoms with Crippen LogP contribution in [0.4, 0.5) is 5.69 Å². The van der Waals surface area contributed by atoms with Gasteiger partial charge < -0.3 is 15.4 Å². The number of halogens is 2. The Morgan fingerprint density at radius 1 is 1.20 bits per heavy atom. The lowest BCUT2D eigenvalue weighted by molar-refractivity contribution is -0.115. The van der Waals surface area contributed by atoms with Gasteiger partial charge in [-0.1, -0.05) is 6.07 Å². The number of rotatable bonds is 9. The number of benzene rings is 1. The first-order valence-corrected chi connectivity index (χ1v) is 8.38. The molecule has 5 nitrogen and oxygen atoms in total. The molecular formula is C17H23Cl2N3O2S. The minimum absolute atomic E-state index is 0. The molecule has 0 spiro atoms. The lowest BCUT2D eigenvalue weighted by atomic mass is 10.3. The smallest absolute Gasteiger partial charge is 0.238 e. The molecule has 2 rings (SSSR count). The second-order valence-electron chi connectivity index (χ2n) is 4.89. The summed E-state index contributed by atoms with van der Waals surface area (Å²) in [4.78, 5) is 17.0. The maximum absolute atomic E-state index is 11.7. The maximum Gasteiger partial charge on any atom is 0.238 e. The van der Waals surface area contributed by atoms with E-state index >= 15 is 0 Å². The number of amides is 1. The third-order valence-corrected chi connectivity index (χ3v) is 4.12. The van der Waals surface area contributed by atoms with E-state index in [0.29, 0.717) is 13.2 Å². The fraction of sp³-hybridized carbons (Fsp3) is 0.294. The van der Waals surface area contributed by atoms with Gasteiger partial charge in [0.05, 0.1) is 13.2 Å². The Morgan fingerprint density at radius 2 is 1.96 bits per heavy atom. The van der Waals surface area contributed by atoms with Gasteiger partial charge in [-0.2, -0.15) is 0 Å². The van der Waals surface area contributed by atoms with Gasteiger partial charge in [0.15, 0.2) is 0 Å². The first kappa shape index (κ1) is 23.7. The Kier molecular flexibility index (Phi) is 13.2. The fourth-order valence-corrected chi connectivity index (χ4v) is 2.70. The number of pyridine rings is 1. The Bertz CT molecular complexity index is 601. The highest BCUT2D eigenvalue weighted by molar-refractivity contribution is 7.98. The Balaban J connectivity index is 0.00000288. The zero-order valence-corrected chi connectivity index (χ0v) is 16.4. The molecule has 2 N–H and O–H groups in total. The number of ether oxygens (including phenoxy) is 1. The maximum atomic E-state index is 11.7. The second-order valence-corrected chi connectivity index (χ2v) is 5.94. The molecule has 0 saturated carbocycles. The highest BCUT2D eigenvalue weighted by atomic mass is 35.5. The molecular weight excluding hydrogens is 381 g/mol. The van der Waals surface area contributed by atoms with E-state index in [1.165, 1.54) is 5.56 Å². The molecule has 2 aromatic rings. The first-order chi connectivity index (χ1) is 11.3. The number of thioether (sulfide) groups is 1. The first-order valence-electron chi connectivity index (χ1n) is 7.39. The molecule has 8 heteroatoms. The summed E-state index contributed by atoms with van der Waals surface area (Å²) in [6.07, 6.45) is 3.65. The average molecular weight is 404 g/mol. The van der Waals surface area contributed by atoms with Crippen LogP contribution in [0.5, 0.6) is 0 Å². The van der Waals surface area contributed by atoms with Gasteiger partial charge in [-0.15, -0.1) is 36.6 Å². The van der Waals surface area contributed by atoms with Crippen LogP contribution in [0.1, 0.15) is 5.56 Å². The van der Waals surface area contributed by atoms with Crippen molar-refractivity contribution in [3.8, 4) is 0 Å². The highest BCUT2D eigenvalue weighted by Crippen LogP contribution is 2.23.